The van der Waals surface area contributed by atoms with Crippen molar-refractivity contribution in [1.82, 2.24) is 9.62 Å². The average molecular weight is 382 g/mol. The van der Waals surface area contributed by atoms with Crippen LogP contribution < -0.4 is 5.32 Å². The van der Waals surface area contributed by atoms with Crippen molar-refractivity contribution in [3.8, 4) is 0 Å². The number of rotatable bonds is 6. The summed E-state index contributed by atoms with van der Waals surface area (Å²) in [6.45, 7) is 5.78. The minimum absolute atomic E-state index is 0.0123. The van der Waals surface area contributed by atoms with Crippen molar-refractivity contribution in [1.29, 1.82) is 0 Å². The third kappa shape index (κ3) is 4.42. The van der Waals surface area contributed by atoms with Gasteiger partial charge in [0.1, 0.15) is 0 Å². The fourth-order valence-corrected chi connectivity index (χ4v) is 4.39. The Hall–Kier alpha value is -1.93. The molecule has 1 aromatic rings. The van der Waals surface area contributed by atoms with Crippen molar-refractivity contribution in [2.24, 2.45) is 5.92 Å². The van der Waals surface area contributed by atoms with Gasteiger partial charge in [-0.25, -0.2) is 17.5 Å². The number of carbonyl (C=O) groups is 2. The Labute approximate surface area is 154 Å². The van der Waals surface area contributed by atoms with Crippen LogP contribution in [0.3, 0.4) is 0 Å². The maximum atomic E-state index is 12.6. The fourth-order valence-electron chi connectivity index (χ4n) is 3.21. The Morgan fingerprint density at radius 1 is 1.35 bits per heavy atom. The third-order valence-electron chi connectivity index (χ3n) is 5.00. The molecule has 2 N–H and O–H groups in total. The van der Waals surface area contributed by atoms with Crippen molar-refractivity contribution in [2.45, 2.75) is 39.7 Å². The molecule has 1 saturated heterocycles. The van der Waals surface area contributed by atoms with Crippen LogP contribution in [0.15, 0.2) is 18.2 Å². The molecular weight excluding hydrogens is 356 g/mol. The van der Waals surface area contributed by atoms with Crippen molar-refractivity contribution in [2.75, 3.05) is 18.8 Å². The van der Waals surface area contributed by atoms with Crippen LogP contribution in [-0.4, -0.2) is 48.5 Å². The predicted molar refractivity (Wildman–Crippen MR) is 98.2 cm³/mol. The van der Waals surface area contributed by atoms with Crippen LogP contribution in [0, 0.1) is 19.8 Å². The van der Waals surface area contributed by atoms with E-state index >= 15 is 0 Å². The second-order valence-corrected chi connectivity index (χ2v) is 8.92. The van der Waals surface area contributed by atoms with E-state index in [1.54, 1.807) is 19.1 Å². The molecule has 26 heavy (non-hydrogen) atoms. The summed E-state index contributed by atoms with van der Waals surface area (Å²) in [6.07, 6.45) is 1.12. The summed E-state index contributed by atoms with van der Waals surface area (Å²) in [5.41, 5.74) is 2.31. The van der Waals surface area contributed by atoms with Gasteiger partial charge >= 0.3 is 5.97 Å². The lowest BCUT2D eigenvalue weighted by atomic mass is 9.95. The number of carbonyl (C=O) groups excluding carboxylic acids is 1. The smallest absolute Gasteiger partial charge is 0.330 e. The number of sulfonamides is 1. The van der Waals surface area contributed by atoms with Crippen LogP contribution in [0.2, 0.25) is 0 Å². The van der Waals surface area contributed by atoms with E-state index in [0.717, 1.165) is 11.1 Å². The number of aliphatic carboxylic acids is 1. The Balaban J connectivity index is 2.18. The first-order chi connectivity index (χ1) is 12.2. The number of hydrogen-bond acceptors (Lipinski definition) is 4. The van der Waals surface area contributed by atoms with Gasteiger partial charge in [0.25, 0.3) is 0 Å². The first-order valence-corrected chi connectivity index (χ1v) is 10.4. The quantitative estimate of drug-likeness (QED) is 0.778. The van der Waals surface area contributed by atoms with Gasteiger partial charge in [0, 0.05) is 13.1 Å². The van der Waals surface area contributed by atoms with Gasteiger partial charge in [0.2, 0.25) is 15.9 Å². The molecule has 1 fully saturated rings. The number of piperidine rings is 1. The molecule has 2 rings (SSSR count). The molecule has 0 aromatic heterocycles. The Kier molecular flexibility index (Phi) is 6.41. The van der Waals surface area contributed by atoms with Crippen LogP contribution in [0.25, 0.3) is 0 Å². The van der Waals surface area contributed by atoms with Crippen molar-refractivity contribution >= 4 is 21.9 Å². The lowest BCUT2D eigenvalue weighted by molar-refractivity contribution is -0.143. The zero-order valence-corrected chi connectivity index (χ0v) is 16.2. The third-order valence-corrected chi connectivity index (χ3v) is 6.85. The van der Waals surface area contributed by atoms with E-state index in [0.29, 0.717) is 24.9 Å². The highest BCUT2D eigenvalue weighted by Crippen LogP contribution is 2.24. The number of carboxylic acids is 1. The first-order valence-electron chi connectivity index (χ1n) is 8.74. The largest absolute Gasteiger partial charge is 0.479 e. The molecule has 7 nitrogen and oxygen atoms in total. The van der Waals surface area contributed by atoms with Crippen molar-refractivity contribution < 1.29 is 23.1 Å². The lowest BCUT2D eigenvalue weighted by Crippen LogP contribution is -2.47. The summed E-state index contributed by atoms with van der Waals surface area (Å²) in [5, 5.41) is 12.2. The second kappa shape index (κ2) is 8.18. The molecule has 0 spiro atoms. The first kappa shape index (κ1) is 20.4. The van der Waals surface area contributed by atoms with Gasteiger partial charge in [0.05, 0.1) is 11.7 Å². The highest BCUT2D eigenvalue weighted by molar-refractivity contribution is 7.89. The summed E-state index contributed by atoms with van der Waals surface area (Å²) >= 11 is 0. The van der Waals surface area contributed by atoms with E-state index in [1.165, 1.54) is 4.31 Å². The minimum Gasteiger partial charge on any atom is -0.479 e. The SMILES string of the molecule is CCS(=O)(=O)N1CCCC(C(=O)NC(C(=O)O)c2cccc(C)c2C)C1. The molecule has 2 atom stereocenters. The predicted octanol–water partition coefficient (Wildman–Crippen LogP) is 1.61. The normalized spacial score (nSPS) is 19.7. The van der Waals surface area contributed by atoms with Crippen LogP contribution in [0.5, 0.6) is 0 Å². The molecule has 0 saturated carbocycles. The molecule has 1 heterocycles. The molecule has 2 unspecified atom stereocenters. The Morgan fingerprint density at radius 3 is 2.65 bits per heavy atom. The Bertz CT molecular complexity index is 791. The van der Waals surface area contributed by atoms with Crippen molar-refractivity contribution in [3.63, 3.8) is 0 Å². The summed E-state index contributed by atoms with van der Waals surface area (Å²) in [7, 11) is -3.36. The summed E-state index contributed by atoms with van der Waals surface area (Å²) < 4.78 is 25.4. The highest BCUT2D eigenvalue weighted by Gasteiger charge is 2.33. The number of nitrogens with zero attached hydrogens (tertiary/aromatic N) is 1. The van der Waals surface area contributed by atoms with E-state index in [-0.39, 0.29) is 12.3 Å². The zero-order chi connectivity index (χ0) is 19.5. The molecule has 1 amide bonds. The van der Waals surface area contributed by atoms with E-state index in [4.69, 9.17) is 0 Å². The molecule has 1 aliphatic rings. The fraction of sp³-hybridized carbons (Fsp3) is 0.556. The van der Waals surface area contributed by atoms with Crippen LogP contribution in [0.4, 0.5) is 0 Å². The topological polar surface area (TPSA) is 104 Å². The van der Waals surface area contributed by atoms with E-state index in [9.17, 15) is 23.1 Å². The van der Waals surface area contributed by atoms with E-state index < -0.39 is 33.9 Å². The van der Waals surface area contributed by atoms with E-state index in [1.807, 2.05) is 19.9 Å². The molecule has 144 valence electrons. The zero-order valence-electron chi connectivity index (χ0n) is 15.4. The number of nitrogens with one attached hydrogen (secondary N) is 1. The molecule has 0 radical (unpaired) electrons. The molecule has 0 aliphatic carbocycles. The number of aryl methyl sites for hydroxylation is 1. The average Bonchev–Trinajstić information content (AvgIpc) is 2.62. The molecular formula is C18H26N2O5S. The second-order valence-electron chi connectivity index (χ2n) is 6.67. The molecule has 1 aromatic carbocycles. The summed E-state index contributed by atoms with van der Waals surface area (Å²) in [5.74, 6) is -2.12. The monoisotopic (exact) mass is 382 g/mol. The van der Waals surface area contributed by atoms with Crippen LogP contribution in [-0.2, 0) is 19.6 Å². The standard InChI is InChI=1S/C18H26N2O5S/c1-4-26(24,25)20-10-6-8-14(11-20)17(21)19-16(18(22)23)15-9-5-7-12(2)13(15)3/h5,7,9,14,16H,4,6,8,10-11H2,1-3H3,(H,19,21)(H,22,23). The van der Waals surface area contributed by atoms with Gasteiger partial charge in [-0.15, -0.1) is 0 Å². The van der Waals surface area contributed by atoms with Gasteiger partial charge in [-0.05, 0) is 50.3 Å². The van der Waals surface area contributed by atoms with Crippen molar-refractivity contribution in [3.05, 3.63) is 34.9 Å². The minimum atomic E-state index is -3.36. The van der Waals surface area contributed by atoms with Gasteiger partial charge in [-0.1, -0.05) is 18.2 Å². The highest BCUT2D eigenvalue weighted by atomic mass is 32.2. The van der Waals surface area contributed by atoms with Crippen LogP contribution in [0.1, 0.15) is 42.5 Å². The number of benzene rings is 1. The summed E-state index contributed by atoms with van der Waals surface area (Å²) in [4.78, 5) is 24.4. The maximum absolute atomic E-state index is 12.6. The van der Waals surface area contributed by atoms with Gasteiger partial charge in [-0.3, -0.25) is 4.79 Å². The van der Waals surface area contributed by atoms with Crippen LogP contribution >= 0.6 is 0 Å². The van der Waals surface area contributed by atoms with Gasteiger partial charge in [-0.2, -0.15) is 0 Å². The van der Waals surface area contributed by atoms with Gasteiger partial charge in [0.15, 0.2) is 6.04 Å². The van der Waals surface area contributed by atoms with Gasteiger partial charge < -0.3 is 10.4 Å². The lowest BCUT2D eigenvalue weighted by Gasteiger charge is -2.31. The molecule has 8 heteroatoms. The number of amides is 1. The maximum Gasteiger partial charge on any atom is 0.330 e. The number of carboxylic acid groups (broad SMARTS) is 1. The summed E-state index contributed by atoms with van der Waals surface area (Å²) in [6, 6.07) is 4.18. The van der Waals surface area contributed by atoms with E-state index in [2.05, 4.69) is 5.32 Å². The molecule has 0 bridgehead atoms. The molecule has 1 aliphatic heterocycles. The Morgan fingerprint density at radius 2 is 2.04 bits per heavy atom. The number of hydrogen-bond donors (Lipinski definition) is 2.